The standard InChI is InChI=1S/C16H26N2O2/c1-4-5-6-11-16(2,3)13-17-12-14-7-9-15(10-8-14)18(19)20/h7-10,17H,4-6,11-13H2,1-3H3. The van der Waals surface area contributed by atoms with Crippen molar-refractivity contribution in [1.82, 2.24) is 5.32 Å². The maximum atomic E-state index is 10.6. The average Bonchev–Trinajstić information content (AvgIpc) is 2.39. The predicted molar refractivity (Wildman–Crippen MR) is 82.7 cm³/mol. The van der Waals surface area contributed by atoms with Crippen LogP contribution in [-0.4, -0.2) is 11.5 Å². The van der Waals surface area contributed by atoms with Crippen molar-refractivity contribution in [3.05, 3.63) is 39.9 Å². The van der Waals surface area contributed by atoms with Crippen molar-refractivity contribution in [2.45, 2.75) is 53.0 Å². The van der Waals surface area contributed by atoms with E-state index in [0.29, 0.717) is 5.41 Å². The van der Waals surface area contributed by atoms with Gasteiger partial charge in [0.15, 0.2) is 0 Å². The molecule has 0 heterocycles. The second-order valence-corrected chi connectivity index (χ2v) is 6.15. The number of nitro benzene ring substituents is 1. The van der Waals surface area contributed by atoms with E-state index >= 15 is 0 Å². The van der Waals surface area contributed by atoms with E-state index < -0.39 is 0 Å². The van der Waals surface area contributed by atoms with E-state index in [4.69, 9.17) is 0 Å². The zero-order valence-corrected chi connectivity index (χ0v) is 12.8. The first-order valence-corrected chi connectivity index (χ1v) is 7.38. The fourth-order valence-corrected chi connectivity index (χ4v) is 2.22. The third-order valence-electron chi connectivity index (χ3n) is 3.54. The maximum Gasteiger partial charge on any atom is 0.269 e. The lowest BCUT2D eigenvalue weighted by Crippen LogP contribution is -2.29. The lowest BCUT2D eigenvalue weighted by atomic mass is 9.87. The summed E-state index contributed by atoms with van der Waals surface area (Å²) in [6.45, 7) is 8.51. The van der Waals surface area contributed by atoms with Crippen molar-refractivity contribution < 1.29 is 4.92 Å². The Labute approximate surface area is 121 Å². The van der Waals surface area contributed by atoms with Gasteiger partial charge in [0.2, 0.25) is 0 Å². The monoisotopic (exact) mass is 278 g/mol. The second kappa shape index (κ2) is 8.00. The van der Waals surface area contributed by atoms with Gasteiger partial charge in [-0.1, -0.05) is 52.2 Å². The molecule has 0 spiro atoms. The fourth-order valence-electron chi connectivity index (χ4n) is 2.22. The number of nitro groups is 1. The van der Waals surface area contributed by atoms with Crippen molar-refractivity contribution in [2.75, 3.05) is 6.54 Å². The summed E-state index contributed by atoms with van der Waals surface area (Å²) < 4.78 is 0. The Morgan fingerprint density at radius 3 is 2.40 bits per heavy atom. The van der Waals surface area contributed by atoms with Crippen LogP contribution in [0.4, 0.5) is 5.69 Å². The number of nitrogens with one attached hydrogen (secondary N) is 1. The first-order valence-electron chi connectivity index (χ1n) is 7.38. The smallest absolute Gasteiger partial charge is 0.269 e. The molecule has 1 aromatic carbocycles. The molecule has 0 saturated carbocycles. The van der Waals surface area contributed by atoms with Crippen LogP contribution >= 0.6 is 0 Å². The molecule has 112 valence electrons. The van der Waals surface area contributed by atoms with Gasteiger partial charge in [-0.3, -0.25) is 10.1 Å². The van der Waals surface area contributed by atoms with E-state index in [-0.39, 0.29) is 10.6 Å². The fraction of sp³-hybridized carbons (Fsp3) is 0.625. The lowest BCUT2D eigenvalue weighted by molar-refractivity contribution is -0.384. The average molecular weight is 278 g/mol. The van der Waals surface area contributed by atoms with Gasteiger partial charge in [0.25, 0.3) is 5.69 Å². The molecule has 0 aliphatic heterocycles. The Morgan fingerprint density at radius 2 is 1.85 bits per heavy atom. The largest absolute Gasteiger partial charge is 0.312 e. The van der Waals surface area contributed by atoms with Crippen molar-refractivity contribution in [3.63, 3.8) is 0 Å². The van der Waals surface area contributed by atoms with Gasteiger partial charge in [0.1, 0.15) is 0 Å². The minimum Gasteiger partial charge on any atom is -0.312 e. The zero-order chi connectivity index (χ0) is 15.0. The molecule has 0 amide bonds. The first kappa shape index (κ1) is 16.6. The lowest BCUT2D eigenvalue weighted by Gasteiger charge is -2.25. The van der Waals surface area contributed by atoms with Gasteiger partial charge in [0.05, 0.1) is 4.92 Å². The van der Waals surface area contributed by atoms with Crippen LogP contribution in [0.25, 0.3) is 0 Å². The number of unbranched alkanes of at least 4 members (excludes halogenated alkanes) is 2. The molecule has 20 heavy (non-hydrogen) atoms. The summed E-state index contributed by atoms with van der Waals surface area (Å²) in [7, 11) is 0. The molecule has 4 heteroatoms. The van der Waals surface area contributed by atoms with E-state index in [2.05, 4.69) is 26.1 Å². The van der Waals surface area contributed by atoms with Gasteiger partial charge >= 0.3 is 0 Å². The summed E-state index contributed by atoms with van der Waals surface area (Å²) in [5.74, 6) is 0. The van der Waals surface area contributed by atoms with E-state index in [1.807, 2.05) is 12.1 Å². The van der Waals surface area contributed by atoms with E-state index in [1.54, 1.807) is 12.1 Å². The predicted octanol–water partition coefficient (Wildman–Crippen LogP) is 4.29. The van der Waals surface area contributed by atoms with Crippen LogP contribution in [0.3, 0.4) is 0 Å². The maximum absolute atomic E-state index is 10.6. The van der Waals surface area contributed by atoms with Gasteiger partial charge in [-0.05, 0) is 17.4 Å². The molecule has 1 N–H and O–H groups in total. The molecular formula is C16H26N2O2. The number of hydrogen-bond donors (Lipinski definition) is 1. The highest BCUT2D eigenvalue weighted by Crippen LogP contribution is 2.22. The number of nitrogens with zero attached hydrogens (tertiary/aromatic N) is 1. The molecule has 0 saturated heterocycles. The molecule has 0 aromatic heterocycles. The van der Waals surface area contributed by atoms with Gasteiger partial charge in [0, 0.05) is 25.2 Å². The normalized spacial score (nSPS) is 11.6. The molecule has 1 aromatic rings. The van der Waals surface area contributed by atoms with Gasteiger partial charge in [-0.25, -0.2) is 0 Å². The van der Waals surface area contributed by atoms with E-state index in [0.717, 1.165) is 18.7 Å². The van der Waals surface area contributed by atoms with E-state index in [9.17, 15) is 10.1 Å². The summed E-state index contributed by atoms with van der Waals surface area (Å²) in [5.41, 5.74) is 1.53. The molecule has 0 fully saturated rings. The van der Waals surface area contributed by atoms with Crippen LogP contribution in [0.15, 0.2) is 24.3 Å². The topological polar surface area (TPSA) is 55.2 Å². The summed E-state index contributed by atoms with van der Waals surface area (Å²) in [6, 6.07) is 6.75. The summed E-state index contributed by atoms with van der Waals surface area (Å²) in [4.78, 5) is 10.2. The van der Waals surface area contributed by atoms with Gasteiger partial charge < -0.3 is 5.32 Å². The summed E-state index contributed by atoms with van der Waals surface area (Å²) in [6.07, 6.45) is 5.06. The highest BCUT2D eigenvalue weighted by atomic mass is 16.6. The Balaban J connectivity index is 2.34. The van der Waals surface area contributed by atoms with Crippen molar-refractivity contribution in [3.8, 4) is 0 Å². The highest BCUT2D eigenvalue weighted by Gasteiger charge is 2.16. The third-order valence-corrected chi connectivity index (χ3v) is 3.54. The summed E-state index contributed by atoms with van der Waals surface area (Å²) in [5, 5.41) is 14.0. The van der Waals surface area contributed by atoms with Crippen LogP contribution in [0.5, 0.6) is 0 Å². The SMILES string of the molecule is CCCCCC(C)(C)CNCc1ccc([N+](=O)[O-])cc1. The van der Waals surface area contributed by atoms with Crippen LogP contribution < -0.4 is 5.32 Å². The van der Waals surface area contributed by atoms with E-state index in [1.165, 1.54) is 25.7 Å². The Hall–Kier alpha value is -1.42. The summed E-state index contributed by atoms with van der Waals surface area (Å²) >= 11 is 0. The Kier molecular flexibility index (Phi) is 6.65. The van der Waals surface area contributed by atoms with Crippen LogP contribution in [0.1, 0.15) is 52.0 Å². The van der Waals surface area contributed by atoms with Gasteiger partial charge in [-0.2, -0.15) is 0 Å². The van der Waals surface area contributed by atoms with Crippen molar-refractivity contribution in [2.24, 2.45) is 5.41 Å². The van der Waals surface area contributed by atoms with Crippen molar-refractivity contribution in [1.29, 1.82) is 0 Å². The first-order chi connectivity index (χ1) is 9.44. The number of non-ortho nitro benzene ring substituents is 1. The van der Waals surface area contributed by atoms with Crippen molar-refractivity contribution >= 4 is 5.69 Å². The quantitative estimate of drug-likeness (QED) is 0.416. The molecule has 0 aliphatic carbocycles. The number of hydrogen-bond acceptors (Lipinski definition) is 3. The molecule has 4 nitrogen and oxygen atoms in total. The minimum absolute atomic E-state index is 0.147. The van der Waals surface area contributed by atoms with Crippen LogP contribution in [0.2, 0.25) is 0 Å². The second-order valence-electron chi connectivity index (χ2n) is 6.15. The van der Waals surface area contributed by atoms with Crippen LogP contribution in [-0.2, 0) is 6.54 Å². The molecule has 0 atom stereocenters. The molecule has 0 aliphatic rings. The molecule has 0 bridgehead atoms. The third kappa shape index (κ3) is 6.15. The molecule has 0 radical (unpaired) electrons. The molecular weight excluding hydrogens is 252 g/mol. The minimum atomic E-state index is -0.367. The Bertz CT molecular complexity index is 413. The van der Waals surface area contributed by atoms with Gasteiger partial charge in [-0.15, -0.1) is 0 Å². The number of benzene rings is 1. The highest BCUT2D eigenvalue weighted by molar-refractivity contribution is 5.32. The van der Waals surface area contributed by atoms with Crippen LogP contribution in [0, 0.1) is 15.5 Å². The Morgan fingerprint density at radius 1 is 1.20 bits per heavy atom. The number of rotatable bonds is 9. The molecule has 0 unspecified atom stereocenters. The molecule has 1 rings (SSSR count). The zero-order valence-electron chi connectivity index (χ0n) is 12.8.